The number of amides is 1. The number of carbonyl (C=O) groups excluding carboxylic acids is 1. The number of carbonyl (C=O) groups is 2. The van der Waals surface area contributed by atoms with Crippen molar-refractivity contribution in [3.8, 4) is 0 Å². The molecule has 0 fully saturated rings. The molecular formula is C15H22N2O3. The van der Waals surface area contributed by atoms with Gasteiger partial charge < -0.3 is 10.4 Å². The molecule has 0 saturated heterocycles. The van der Waals surface area contributed by atoms with Gasteiger partial charge in [-0.3, -0.25) is 14.9 Å². The molecule has 0 aliphatic rings. The third-order valence-corrected chi connectivity index (χ3v) is 3.62. The van der Waals surface area contributed by atoms with Crippen molar-refractivity contribution in [1.29, 1.82) is 0 Å². The van der Waals surface area contributed by atoms with Gasteiger partial charge in [-0.2, -0.15) is 0 Å². The van der Waals surface area contributed by atoms with Gasteiger partial charge in [0.1, 0.15) is 5.54 Å². The molecular weight excluding hydrogens is 256 g/mol. The van der Waals surface area contributed by atoms with Gasteiger partial charge >= 0.3 is 5.97 Å². The van der Waals surface area contributed by atoms with Crippen LogP contribution in [-0.4, -0.2) is 29.1 Å². The number of anilines is 1. The van der Waals surface area contributed by atoms with Crippen molar-refractivity contribution in [3.05, 3.63) is 29.8 Å². The standard InChI is InChI=1S/C15H22N2O3/c1-4-15(5-2,14(19)20)16-10-13(18)17-12-9-7-6-8-11(12)3/h6-9,16H,4-5,10H2,1-3H3,(H,17,18)(H,19,20). The molecule has 1 aromatic carbocycles. The number of aliphatic carboxylic acids is 1. The fourth-order valence-corrected chi connectivity index (χ4v) is 2.04. The Morgan fingerprint density at radius 3 is 2.30 bits per heavy atom. The zero-order chi connectivity index (χ0) is 15.2. The number of hydrogen-bond acceptors (Lipinski definition) is 3. The van der Waals surface area contributed by atoms with Gasteiger partial charge in [0, 0.05) is 5.69 Å². The molecule has 0 radical (unpaired) electrons. The molecule has 110 valence electrons. The van der Waals surface area contributed by atoms with Crippen LogP contribution >= 0.6 is 0 Å². The monoisotopic (exact) mass is 278 g/mol. The minimum absolute atomic E-state index is 0.0255. The Morgan fingerprint density at radius 2 is 1.80 bits per heavy atom. The molecule has 0 aliphatic heterocycles. The number of carboxylic acid groups (broad SMARTS) is 1. The summed E-state index contributed by atoms with van der Waals surface area (Å²) >= 11 is 0. The topological polar surface area (TPSA) is 78.4 Å². The molecule has 0 aromatic heterocycles. The third kappa shape index (κ3) is 3.81. The largest absolute Gasteiger partial charge is 0.480 e. The summed E-state index contributed by atoms with van der Waals surface area (Å²) in [6.45, 7) is 5.47. The Kier molecular flexibility index (Phi) is 5.70. The number of benzene rings is 1. The Bertz CT molecular complexity index is 482. The summed E-state index contributed by atoms with van der Waals surface area (Å²) in [6.07, 6.45) is 0.854. The molecule has 0 atom stereocenters. The molecule has 20 heavy (non-hydrogen) atoms. The van der Waals surface area contributed by atoms with Gasteiger partial charge in [-0.25, -0.2) is 0 Å². The Balaban J connectivity index is 2.63. The third-order valence-electron chi connectivity index (χ3n) is 3.62. The summed E-state index contributed by atoms with van der Waals surface area (Å²) in [4.78, 5) is 23.2. The second kappa shape index (κ2) is 7.05. The van der Waals surface area contributed by atoms with Crippen LogP contribution in [0.5, 0.6) is 0 Å². The first kappa shape index (κ1) is 16.2. The van der Waals surface area contributed by atoms with Gasteiger partial charge in [-0.1, -0.05) is 32.0 Å². The number of rotatable bonds is 7. The van der Waals surface area contributed by atoms with Gasteiger partial charge in [0.25, 0.3) is 0 Å². The molecule has 1 amide bonds. The van der Waals surface area contributed by atoms with E-state index in [1.165, 1.54) is 0 Å². The summed E-state index contributed by atoms with van der Waals surface area (Å²) in [5, 5.41) is 14.9. The van der Waals surface area contributed by atoms with Crippen LogP contribution in [0.4, 0.5) is 5.69 Å². The molecule has 0 bridgehead atoms. The first-order valence-electron chi connectivity index (χ1n) is 6.79. The molecule has 0 aliphatic carbocycles. The van der Waals surface area contributed by atoms with Crippen LogP contribution in [0.25, 0.3) is 0 Å². The van der Waals surface area contributed by atoms with Crippen LogP contribution < -0.4 is 10.6 Å². The molecule has 5 nitrogen and oxygen atoms in total. The van der Waals surface area contributed by atoms with Gasteiger partial charge in [0.2, 0.25) is 5.91 Å². The van der Waals surface area contributed by atoms with E-state index in [4.69, 9.17) is 0 Å². The SMILES string of the molecule is CCC(CC)(NCC(=O)Nc1ccccc1C)C(=O)O. The number of para-hydroxylation sites is 1. The lowest BCUT2D eigenvalue weighted by molar-refractivity contribution is -0.145. The lowest BCUT2D eigenvalue weighted by atomic mass is 9.93. The summed E-state index contributed by atoms with van der Waals surface area (Å²) in [5.41, 5.74) is 0.674. The van der Waals surface area contributed by atoms with Crippen molar-refractivity contribution < 1.29 is 14.7 Å². The fourth-order valence-electron chi connectivity index (χ4n) is 2.04. The lowest BCUT2D eigenvalue weighted by Crippen LogP contribution is -2.53. The Labute approximate surface area is 119 Å². The smallest absolute Gasteiger partial charge is 0.323 e. The van der Waals surface area contributed by atoms with Gasteiger partial charge in [0.15, 0.2) is 0 Å². The highest BCUT2D eigenvalue weighted by atomic mass is 16.4. The molecule has 5 heteroatoms. The maximum atomic E-state index is 11.9. The quantitative estimate of drug-likeness (QED) is 0.714. The maximum Gasteiger partial charge on any atom is 0.323 e. The zero-order valence-corrected chi connectivity index (χ0v) is 12.2. The predicted octanol–water partition coefficient (Wildman–Crippen LogP) is 2.17. The van der Waals surface area contributed by atoms with Gasteiger partial charge in [0.05, 0.1) is 6.54 Å². The van der Waals surface area contributed by atoms with Gasteiger partial charge in [-0.15, -0.1) is 0 Å². The fraction of sp³-hybridized carbons (Fsp3) is 0.467. The lowest BCUT2D eigenvalue weighted by Gasteiger charge is -2.27. The highest BCUT2D eigenvalue weighted by Crippen LogP contribution is 2.16. The summed E-state index contributed by atoms with van der Waals surface area (Å²) in [7, 11) is 0. The van der Waals surface area contributed by atoms with Gasteiger partial charge in [-0.05, 0) is 31.4 Å². The number of hydrogen-bond donors (Lipinski definition) is 3. The van der Waals surface area contributed by atoms with Crippen LogP contribution in [0, 0.1) is 6.92 Å². The molecule has 0 unspecified atom stereocenters. The van der Waals surface area contributed by atoms with Crippen LogP contribution in [0.15, 0.2) is 24.3 Å². The van der Waals surface area contributed by atoms with Crippen LogP contribution in [0.2, 0.25) is 0 Å². The van der Waals surface area contributed by atoms with E-state index in [1.807, 2.05) is 31.2 Å². The first-order valence-corrected chi connectivity index (χ1v) is 6.79. The van der Waals surface area contributed by atoms with E-state index in [2.05, 4.69) is 10.6 Å². The van der Waals surface area contributed by atoms with Crippen molar-refractivity contribution in [2.24, 2.45) is 0 Å². The highest BCUT2D eigenvalue weighted by Gasteiger charge is 2.34. The molecule has 1 aromatic rings. The zero-order valence-electron chi connectivity index (χ0n) is 12.2. The average Bonchev–Trinajstić information content (AvgIpc) is 2.43. The maximum absolute atomic E-state index is 11.9. The second-order valence-electron chi connectivity index (χ2n) is 4.81. The van der Waals surface area contributed by atoms with Crippen molar-refractivity contribution in [3.63, 3.8) is 0 Å². The van der Waals surface area contributed by atoms with Crippen LogP contribution in [0.3, 0.4) is 0 Å². The number of aryl methyl sites for hydroxylation is 1. The summed E-state index contributed by atoms with van der Waals surface area (Å²) < 4.78 is 0. The van der Waals surface area contributed by atoms with E-state index < -0.39 is 11.5 Å². The van der Waals surface area contributed by atoms with Crippen molar-refractivity contribution in [2.45, 2.75) is 39.2 Å². The molecule has 3 N–H and O–H groups in total. The molecule has 0 heterocycles. The Morgan fingerprint density at radius 1 is 1.20 bits per heavy atom. The van der Waals surface area contributed by atoms with Crippen LogP contribution in [-0.2, 0) is 9.59 Å². The van der Waals surface area contributed by atoms with E-state index in [9.17, 15) is 14.7 Å². The van der Waals surface area contributed by atoms with E-state index >= 15 is 0 Å². The van der Waals surface area contributed by atoms with Crippen molar-refractivity contribution in [1.82, 2.24) is 5.32 Å². The molecule has 1 rings (SSSR count). The number of nitrogens with one attached hydrogen (secondary N) is 2. The average molecular weight is 278 g/mol. The minimum atomic E-state index is -1.04. The normalized spacial score (nSPS) is 11.2. The predicted molar refractivity (Wildman–Crippen MR) is 78.8 cm³/mol. The van der Waals surface area contributed by atoms with Crippen molar-refractivity contribution in [2.75, 3.05) is 11.9 Å². The minimum Gasteiger partial charge on any atom is -0.480 e. The molecule has 0 saturated carbocycles. The van der Waals surface area contributed by atoms with E-state index in [1.54, 1.807) is 13.8 Å². The van der Waals surface area contributed by atoms with Crippen molar-refractivity contribution >= 4 is 17.6 Å². The second-order valence-corrected chi connectivity index (χ2v) is 4.81. The highest BCUT2D eigenvalue weighted by molar-refractivity contribution is 5.93. The Hall–Kier alpha value is -1.88. The summed E-state index contributed by atoms with van der Waals surface area (Å²) in [6, 6.07) is 7.46. The number of carboxylic acids is 1. The van der Waals surface area contributed by atoms with Crippen LogP contribution in [0.1, 0.15) is 32.3 Å². The van der Waals surface area contributed by atoms with E-state index in [-0.39, 0.29) is 12.5 Å². The molecule has 0 spiro atoms. The van der Waals surface area contributed by atoms with E-state index in [0.29, 0.717) is 12.8 Å². The summed E-state index contributed by atoms with van der Waals surface area (Å²) in [5.74, 6) is -1.17. The first-order chi connectivity index (χ1) is 9.45. The van der Waals surface area contributed by atoms with E-state index in [0.717, 1.165) is 11.3 Å².